The minimum atomic E-state index is 0.156. The molecule has 1 N–H and O–H groups in total. The van der Waals surface area contributed by atoms with Crippen LogP contribution in [0.2, 0.25) is 0 Å². The van der Waals surface area contributed by atoms with Gasteiger partial charge < -0.3 is 10.2 Å². The molecule has 17 heavy (non-hydrogen) atoms. The molecule has 1 fully saturated rings. The van der Waals surface area contributed by atoms with Crippen LogP contribution in [-0.4, -0.2) is 37.0 Å². The molecule has 1 heterocycles. The lowest BCUT2D eigenvalue weighted by atomic mass is 9.99. The van der Waals surface area contributed by atoms with Crippen molar-refractivity contribution in [3.8, 4) is 0 Å². The number of carbonyl (C=O) groups is 1. The Balaban J connectivity index is 2.54. The second-order valence-electron chi connectivity index (χ2n) is 4.46. The van der Waals surface area contributed by atoms with Gasteiger partial charge in [0.05, 0.1) is 0 Å². The molecule has 3 nitrogen and oxygen atoms in total. The first-order valence-electron chi connectivity index (χ1n) is 6.54. The number of allylic oxidation sites excluding steroid dienone is 3. The molecule has 3 heteroatoms. The minimum Gasteiger partial charge on any atom is -0.336 e. The third-order valence-electron chi connectivity index (χ3n) is 3.18. The summed E-state index contributed by atoms with van der Waals surface area (Å²) < 4.78 is 0. The molecule has 0 saturated carbocycles. The van der Waals surface area contributed by atoms with E-state index < -0.39 is 0 Å². The Bertz CT molecular complexity index is 284. The van der Waals surface area contributed by atoms with E-state index in [1.165, 1.54) is 6.42 Å². The van der Waals surface area contributed by atoms with E-state index in [0.29, 0.717) is 6.04 Å². The number of likely N-dealkylation sites (tertiary alicyclic amines) is 1. The summed E-state index contributed by atoms with van der Waals surface area (Å²) in [6.45, 7) is 3.84. The molecular weight excluding hydrogens is 212 g/mol. The number of carbonyl (C=O) groups excluding carboxylic acids is 1. The highest BCUT2D eigenvalue weighted by Crippen LogP contribution is 2.19. The fraction of sp³-hybridized carbons (Fsp3) is 0.643. The smallest absolute Gasteiger partial charge is 0.246 e. The quantitative estimate of drug-likeness (QED) is 0.586. The Hall–Kier alpha value is -1.09. The minimum absolute atomic E-state index is 0.156. The zero-order valence-electron chi connectivity index (χ0n) is 11.0. The standard InChI is InChI=1S/C14H24N2O/c1-3-4-5-9-14(17)16-12-7-6-8-13(16)10-11-15-2/h3-5,9,13,15H,6-8,10-12H2,1-2H3. The second-order valence-corrected chi connectivity index (χ2v) is 4.46. The summed E-state index contributed by atoms with van der Waals surface area (Å²) in [5, 5.41) is 3.16. The normalized spacial score (nSPS) is 21.5. The first-order chi connectivity index (χ1) is 8.29. The van der Waals surface area contributed by atoms with Crippen molar-refractivity contribution in [3.05, 3.63) is 24.3 Å². The summed E-state index contributed by atoms with van der Waals surface area (Å²) in [7, 11) is 1.96. The summed E-state index contributed by atoms with van der Waals surface area (Å²) in [5.41, 5.74) is 0. The van der Waals surface area contributed by atoms with E-state index in [2.05, 4.69) is 5.32 Å². The van der Waals surface area contributed by atoms with Crippen molar-refractivity contribution in [1.82, 2.24) is 10.2 Å². The third kappa shape index (κ3) is 4.73. The Morgan fingerprint density at radius 3 is 2.94 bits per heavy atom. The van der Waals surface area contributed by atoms with Crippen LogP contribution in [0, 0.1) is 0 Å². The lowest BCUT2D eigenvalue weighted by Gasteiger charge is -2.35. The van der Waals surface area contributed by atoms with Gasteiger partial charge in [0.25, 0.3) is 0 Å². The predicted molar refractivity (Wildman–Crippen MR) is 71.8 cm³/mol. The van der Waals surface area contributed by atoms with Gasteiger partial charge in [0.2, 0.25) is 5.91 Å². The molecule has 0 spiro atoms. The van der Waals surface area contributed by atoms with E-state index in [9.17, 15) is 4.79 Å². The number of hydrogen-bond donors (Lipinski definition) is 1. The molecule has 1 aliphatic rings. The second kappa shape index (κ2) is 8.07. The van der Waals surface area contributed by atoms with Gasteiger partial charge in [-0.2, -0.15) is 0 Å². The SMILES string of the molecule is CC=CC=CC(=O)N1CCCCC1CCNC. The van der Waals surface area contributed by atoms with Crippen LogP contribution in [0.15, 0.2) is 24.3 Å². The molecule has 0 aliphatic carbocycles. The van der Waals surface area contributed by atoms with Gasteiger partial charge in [0.15, 0.2) is 0 Å². The zero-order valence-corrected chi connectivity index (χ0v) is 11.0. The van der Waals surface area contributed by atoms with Gasteiger partial charge in [-0.15, -0.1) is 0 Å². The van der Waals surface area contributed by atoms with Gasteiger partial charge in [-0.3, -0.25) is 4.79 Å². The molecule has 0 radical (unpaired) electrons. The number of rotatable bonds is 5. The Morgan fingerprint density at radius 1 is 1.41 bits per heavy atom. The number of amides is 1. The van der Waals surface area contributed by atoms with Crippen molar-refractivity contribution in [2.75, 3.05) is 20.1 Å². The Labute approximate surface area is 105 Å². The Morgan fingerprint density at radius 2 is 2.24 bits per heavy atom. The molecule has 0 bridgehead atoms. The molecular formula is C14H24N2O. The van der Waals surface area contributed by atoms with Gasteiger partial charge in [-0.05, 0) is 46.2 Å². The molecule has 1 aliphatic heterocycles. The topological polar surface area (TPSA) is 32.3 Å². The molecule has 1 amide bonds. The van der Waals surface area contributed by atoms with E-state index in [1.54, 1.807) is 6.08 Å². The fourth-order valence-corrected chi connectivity index (χ4v) is 2.25. The Kier molecular flexibility index (Phi) is 6.63. The van der Waals surface area contributed by atoms with E-state index in [-0.39, 0.29) is 5.91 Å². The van der Waals surface area contributed by atoms with Crippen LogP contribution in [0.1, 0.15) is 32.6 Å². The molecule has 0 aromatic carbocycles. The average Bonchev–Trinajstić information content (AvgIpc) is 2.37. The highest BCUT2D eigenvalue weighted by Gasteiger charge is 2.24. The van der Waals surface area contributed by atoms with Crippen LogP contribution < -0.4 is 5.32 Å². The van der Waals surface area contributed by atoms with Gasteiger partial charge >= 0.3 is 0 Å². The van der Waals surface area contributed by atoms with E-state index in [0.717, 1.165) is 32.4 Å². The van der Waals surface area contributed by atoms with Crippen LogP contribution in [0.5, 0.6) is 0 Å². The molecule has 1 saturated heterocycles. The first-order valence-corrected chi connectivity index (χ1v) is 6.54. The number of hydrogen-bond acceptors (Lipinski definition) is 2. The molecule has 0 aromatic rings. The summed E-state index contributed by atoms with van der Waals surface area (Å²) in [4.78, 5) is 14.1. The highest BCUT2D eigenvalue weighted by atomic mass is 16.2. The number of nitrogens with one attached hydrogen (secondary N) is 1. The molecule has 1 rings (SSSR count). The van der Waals surface area contributed by atoms with Crippen LogP contribution in [-0.2, 0) is 4.79 Å². The van der Waals surface area contributed by atoms with Gasteiger partial charge in [0, 0.05) is 18.7 Å². The van der Waals surface area contributed by atoms with E-state index >= 15 is 0 Å². The molecule has 1 unspecified atom stereocenters. The maximum absolute atomic E-state index is 12.0. The van der Waals surface area contributed by atoms with Crippen molar-refractivity contribution < 1.29 is 4.79 Å². The average molecular weight is 236 g/mol. The number of piperidine rings is 1. The van der Waals surface area contributed by atoms with Crippen molar-refractivity contribution in [3.63, 3.8) is 0 Å². The van der Waals surface area contributed by atoms with Crippen LogP contribution >= 0.6 is 0 Å². The van der Waals surface area contributed by atoms with Gasteiger partial charge in [-0.25, -0.2) is 0 Å². The van der Waals surface area contributed by atoms with Crippen LogP contribution in [0.3, 0.4) is 0 Å². The monoisotopic (exact) mass is 236 g/mol. The lowest BCUT2D eigenvalue weighted by Crippen LogP contribution is -2.44. The maximum Gasteiger partial charge on any atom is 0.246 e. The lowest BCUT2D eigenvalue weighted by molar-refractivity contribution is -0.129. The summed E-state index contributed by atoms with van der Waals surface area (Å²) in [6, 6.07) is 0.416. The fourth-order valence-electron chi connectivity index (χ4n) is 2.25. The van der Waals surface area contributed by atoms with Crippen molar-refractivity contribution >= 4 is 5.91 Å². The zero-order chi connectivity index (χ0) is 12.5. The third-order valence-corrected chi connectivity index (χ3v) is 3.18. The molecule has 96 valence electrons. The predicted octanol–water partition coefficient (Wildman–Crippen LogP) is 2.11. The van der Waals surface area contributed by atoms with Gasteiger partial charge in [-0.1, -0.05) is 18.2 Å². The van der Waals surface area contributed by atoms with Crippen molar-refractivity contribution in [2.45, 2.75) is 38.6 Å². The first kappa shape index (κ1) is 14.0. The summed E-state index contributed by atoms with van der Waals surface area (Å²) in [6.07, 6.45) is 11.9. The van der Waals surface area contributed by atoms with Crippen molar-refractivity contribution in [1.29, 1.82) is 0 Å². The number of nitrogens with zero attached hydrogens (tertiary/aromatic N) is 1. The van der Waals surface area contributed by atoms with E-state index in [4.69, 9.17) is 0 Å². The molecule has 1 atom stereocenters. The highest BCUT2D eigenvalue weighted by molar-refractivity contribution is 5.88. The van der Waals surface area contributed by atoms with Crippen molar-refractivity contribution in [2.24, 2.45) is 0 Å². The largest absolute Gasteiger partial charge is 0.336 e. The van der Waals surface area contributed by atoms with E-state index in [1.807, 2.05) is 37.1 Å². The van der Waals surface area contributed by atoms with Crippen LogP contribution in [0.4, 0.5) is 0 Å². The summed E-state index contributed by atoms with van der Waals surface area (Å²) in [5.74, 6) is 0.156. The summed E-state index contributed by atoms with van der Waals surface area (Å²) >= 11 is 0. The maximum atomic E-state index is 12.0. The molecule has 0 aromatic heterocycles. The van der Waals surface area contributed by atoms with Gasteiger partial charge in [0.1, 0.15) is 0 Å². The van der Waals surface area contributed by atoms with Crippen LogP contribution in [0.25, 0.3) is 0 Å².